The highest BCUT2D eigenvalue weighted by Gasteiger charge is 2.31. The van der Waals surface area contributed by atoms with Gasteiger partial charge in [0.2, 0.25) is 0 Å². The van der Waals surface area contributed by atoms with Gasteiger partial charge in [0.25, 0.3) is 0 Å². The SMILES string of the molecule is COC(=O)[C@H](Cc1ccc(C(C)(C)C)cc1)N(C)C(=O)OC(C)(C)C. The minimum atomic E-state index is -0.736. The number of ether oxygens (including phenoxy) is 2. The Balaban J connectivity index is 2.97. The molecule has 1 amide bonds. The molecule has 0 spiro atoms. The Morgan fingerprint density at radius 2 is 1.56 bits per heavy atom. The van der Waals surface area contributed by atoms with E-state index in [-0.39, 0.29) is 5.41 Å². The van der Waals surface area contributed by atoms with E-state index < -0.39 is 23.7 Å². The van der Waals surface area contributed by atoms with Crippen LogP contribution in [0.2, 0.25) is 0 Å². The third-order valence-corrected chi connectivity index (χ3v) is 3.87. The predicted octanol–water partition coefficient (Wildman–Crippen LogP) is 3.94. The molecule has 5 nitrogen and oxygen atoms in total. The largest absolute Gasteiger partial charge is 0.467 e. The van der Waals surface area contributed by atoms with Crippen LogP contribution in [-0.4, -0.2) is 42.8 Å². The highest BCUT2D eigenvalue weighted by Crippen LogP contribution is 2.23. The van der Waals surface area contributed by atoms with E-state index in [1.54, 1.807) is 27.8 Å². The first-order valence-corrected chi connectivity index (χ1v) is 8.48. The van der Waals surface area contributed by atoms with Crippen molar-refractivity contribution < 1.29 is 19.1 Å². The topological polar surface area (TPSA) is 55.8 Å². The lowest BCUT2D eigenvalue weighted by Crippen LogP contribution is -2.46. The van der Waals surface area contributed by atoms with E-state index in [2.05, 4.69) is 32.9 Å². The molecule has 5 heteroatoms. The molecule has 0 saturated carbocycles. The number of carbonyl (C=O) groups excluding carboxylic acids is 2. The van der Waals surface area contributed by atoms with Gasteiger partial charge in [0.1, 0.15) is 11.6 Å². The lowest BCUT2D eigenvalue weighted by atomic mass is 9.86. The molecule has 0 aromatic heterocycles. The second-order valence-electron chi connectivity index (χ2n) is 8.28. The van der Waals surface area contributed by atoms with Crippen molar-refractivity contribution in [3.8, 4) is 0 Å². The molecule has 140 valence electrons. The third kappa shape index (κ3) is 6.40. The van der Waals surface area contributed by atoms with Crippen molar-refractivity contribution in [2.45, 2.75) is 65.0 Å². The second-order valence-corrected chi connectivity index (χ2v) is 8.28. The van der Waals surface area contributed by atoms with Gasteiger partial charge in [0.15, 0.2) is 0 Å². The summed E-state index contributed by atoms with van der Waals surface area (Å²) < 4.78 is 10.2. The van der Waals surface area contributed by atoms with Crippen LogP contribution in [0.15, 0.2) is 24.3 Å². The van der Waals surface area contributed by atoms with E-state index in [1.165, 1.54) is 17.6 Å². The number of likely N-dealkylation sites (N-methyl/N-ethyl adjacent to an activating group) is 1. The second kappa shape index (κ2) is 7.89. The van der Waals surface area contributed by atoms with Crippen LogP contribution in [0.3, 0.4) is 0 Å². The number of carbonyl (C=O) groups is 2. The Kier molecular flexibility index (Phi) is 6.63. The van der Waals surface area contributed by atoms with Gasteiger partial charge >= 0.3 is 12.1 Å². The Bertz CT molecular complexity index is 594. The summed E-state index contributed by atoms with van der Waals surface area (Å²) in [4.78, 5) is 25.8. The minimum Gasteiger partial charge on any atom is -0.467 e. The molecule has 0 aliphatic heterocycles. The summed E-state index contributed by atoms with van der Waals surface area (Å²) in [6, 6.07) is 7.34. The van der Waals surface area contributed by atoms with Gasteiger partial charge in [-0.1, -0.05) is 45.0 Å². The van der Waals surface area contributed by atoms with E-state index in [0.29, 0.717) is 6.42 Å². The predicted molar refractivity (Wildman–Crippen MR) is 98.6 cm³/mol. The maximum atomic E-state index is 12.3. The lowest BCUT2D eigenvalue weighted by molar-refractivity contribution is -0.146. The van der Waals surface area contributed by atoms with E-state index in [4.69, 9.17) is 9.47 Å². The number of nitrogens with zero attached hydrogens (tertiary/aromatic N) is 1. The zero-order chi connectivity index (χ0) is 19.4. The van der Waals surface area contributed by atoms with Gasteiger partial charge in [0, 0.05) is 13.5 Å². The molecule has 0 aliphatic rings. The number of methoxy groups -OCH3 is 1. The number of rotatable bonds is 4. The molecule has 0 aliphatic carbocycles. The lowest BCUT2D eigenvalue weighted by Gasteiger charge is -2.29. The van der Waals surface area contributed by atoms with Crippen molar-refractivity contribution >= 4 is 12.1 Å². The van der Waals surface area contributed by atoms with E-state index >= 15 is 0 Å². The van der Waals surface area contributed by atoms with Crippen molar-refractivity contribution in [2.24, 2.45) is 0 Å². The number of hydrogen-bond donors (Lipinski definition) is 0. The van der Waals surface area contributed by atoms with Gasteiger partial charge < -0.3 is 9.47 Å². The van der Waals surface area contributed by atoms with Gasteiger partial charge in [-0.05, 0) is 37.3 Å². The van der Waals surface area contributed by atoms with Gasteiger partial charge in [-0.25, -0.2) is 9.59 Å². The van der Waals surface area contributed by atoms with Crippen LogP contribution in [0.1, 0.15) is 52.7 Å². The molecule has 0 N–H and O–H groups in total. The van der Waals surface area contributed by atoms with Crippen molar-refractivity contribution in [2.75, 3.05) is 14.2 Å². The quantitative estimate of drug-likeness (QED) is 0.773. The number of amides is 1. The first kappa shape index (κ1) is 21.0. The molecular formula is C20H31NO4. The minimum absolute atomic E-state index is 0.0631. The van der Waals surface area contributed by atoms with E-state index in [9.17, 15) is 9.59 Å². The van der Waals surface area contributed by atoms with Crippen molar-refractivity contribution in [1.29, 1.82) is 0 Å². The maximum Gasteiger partial charge on any atom is 0.410 e. The number of benzene rings is 1. The average molecular weight is 349 g/mol. The summed E-state index contributed by atoms with van der Waals surface area (Å²) in [7, 11) is 2.88. The summed E-state index contributed by atoms with van der Waals surface area (Å²) in [6.45, 7) is 11.8. The molecule has 1 rings (SSSR count). The summed E-state index contributed by atoms with van der Waals surface area (Å²) in [5, 5.41) is 0. The van der Waals surface area contributed by atoms with Crippen LogP contribution in [0.5, 0.6) is 0 Å². The van der Waals surface area contributed by atoms with Gasteiger partial charge in [0.05, 0.1) is 7.11 Å². The Hall–Kier alpha value is -2.04. The normalized spacial score (nSPS) is 13.1. The fourth-order valence-corrected chi connectivity index (χ4v) is 2.34. The highest BCUT2D eigenvalue weighted by molar-refractivity contribution is 5.81. The maximum absolute atomic E-state index is 12.3. The molecule has 0 unspecified atom stereocenters. The molecule has 1 atom stereocenters. The first-order valence-electron chi connectivity index (χ1n) is 8.48. The molecule has 1 aromatic carbocycles. The van der Waals surface area contributed by atoms with Crippen molar-refractivity contribution in [3.05, 3.63) is 35.4 Å². The van der Waals surface area contributed by atoms with E-state index in [1.807, 2.05) is 12.1 Å². The third-order valence-electron chi connectivity index (χ3n) is 3.87. The summed E-state index contributed by atoms with van der Waals surface area (Å²) in [5.74, 6) is -0.465. The Labute approximate surface area is 151 Å². The van der Waals surface area contributed by atoms with Crippen LogP contribution in [-0.2, 0) is 26.1 Å². The van der Waals surface area contributed by atoms with Crippen molar-refractivity contribution in [1.82, 2.24) is 4.90 Å². The fourth-order valence-electron chi connectivity index (χ4n) is 2.34. The summed E-state index contributed by atoms with van der Waals surface area (Å²) in [5.41, 5.74) is 1.61. The molecule has 0 bridgehead atoms. The summed E-state index contributed by atoms with van der Waals surface area (Å²) >= 11 is 0. The smallest absolute Gasteiger partial charge is 0.410 e. The summed E-state index contributed by atoms with van der Waals surface area (Å²) in [6.07, 6.45) is -0.179. The molecular weight excluding hydrogens is 318 g/mol. The molecule has 25 heavy (non-hydrogen) atoms. The van der Waals surface area contributed by atoms with Crippen molar-refractivity contribution in [3.63, 3.8) is 0 Å². The molecule has 1 aromatic rings. The van der Waals surface area contributed by atoms with Gasteiger partial charge in [-0.3, -0.25) is 4.90 Å². The van der Waals surface area contributed by atoms with E-state index in [0.717, 1.165) is 5.56 Å². The molecule has 0 heterocycles. The zero-order valence-corrected chi connectivity index (χ0v) is 16.7. The Morgan fingerprint density at radius 1 is 1.04 bits per heavy atom. The Morgan fingerprint density at radius 3 is 1.96 bits per heavy atom. The first-order chi connectivity index (χ1) is 11.3. The van der Waals surface area contributed by atoms with Crippen LogP contribution in [0, 0.1) is 0 Å². The monoisotopic (exact) mass is 349 g/mol. The average Bonchev–Trinajstić information content (AvgIpc) is 2.49. The van der Waals surface area contributed by atoms with Crippen LogP contribution in [0.25, 0.3) is 0 Å². The highest BCUT2D eigenvalue weighted by atomic mass is 16.6. The standard InChI is InChI=1S/C20H31NO4/c1-19(2,3)15-11-9-14(10-12-15)13-16(17(22)24-8)21(7)18(23)25-20(4,5)6/h9-12,16H,13H2,1-8H3/t16-/m0/s1. The number of esters is 1. The van der Waals surface area contributed by atoms with Gasteiger partial charge in [-0.15, -0.1) is 0 Å². The zero-order valence-electron chi connectivity index (χ0n) is 16.7. The van der Waals surface area contributed by atoms with Crippen LogP contribution in [0.4, 0.5) is 4.79 Å². The number of hydrogen-bond acceptors (Lipinski definition) is 4. The van der Waals surface area contributed by atoms with Crippen LogP contribution < -0.4 is 0 Å². The molecule has 0 fully saturated rings. The fraction of sp³-hybridized carbons (Fsp3) is 0.600. The van der Waals surface area contributed by atoms with Crippen LogP contribution >= 0.6 is 0 Å². The molecule has 0 radical (unpaired) electrons. The van der Waals surface area contributed by atoms with Gasteiger partial charge in [-0.2, -0.15) is 0 Å². The molecule has 0 saturated heterocycles.